The van der Waals surface area contributed by atoms with Gasteiger partial charge >= 0.3 is 0 Å². The zero-order chi connectivity index (χ0) is 35.1. The molecule has 8 aromatic rings. The van der Waals surface area contributed by atoms with Crippen LogP contribution in [0.3, 0.4) is 0 Å². The number of nitrogens with zero attached hydrogens (tertiary/aromatic N) is 2. The second kappa shape index (κ2) is 12.9. The highest BCUT2D eigenvalue weighted by molar-refractivity contribution is 6.00. The topological polar surface area (TPSA) is 37.8 Å². The van der Waals surface area contributed by atoms with E-state index in [-0.39, 0.29) is 5.54 Å². The fraction of sp³-hybridized carbons (Fsp3) is 0.0612. The molecule has 1 atom stereocenters. The van der Waals surface area contributed by atoms with Crippen LogP contribution in [-0.4, -0.2) is 9.97 Å². The van der Waals surface area contributed by atoms with Gasteiger partial charge in [-0.25, -0.2) is 9.97 Å². The maximum absolute atomic E-state index is 5.28. The number of fused-ring (bicyclic) bond motifs is 3. The molecule has 3 nitrogen and oxygen atoms in total. The van der Waals surface area contributed by atoms with Gasteiger partial charge in [0, 0.05) is 27.6 Å². The summed E-state index contributed by atoms with van der Waals surface area (Å²) in [5.74, 6) is 0. The average Bonchev–Trinajstić information content (AvgIpc) is 3.21. The van der Waals surface area contributed by atoms with Crippen molar-refractivity contribution in [3.63, 3.8) is 0 Å². The molecular formula is C49H37N3. The van der Waals surface area contributed by atoms with Crippen LogP contribution < -0.4 is 5.32 Å². The van der Waals surface area contributed by atoms with Crippen LogP contribution in [0.25, 0.3) is 72.5 Å². The van der Waals surface area contributed by atoms with Gasteiger partial charge in [-0.3, -0.25) is 0 Å². The number of nitrogens with one attached hydrogen (secondary N) is 1. The fourth-order valence-electron chi connectivity index (χ4n) is 7.48. The van der Waals surface area contributed by atoms with Crippen molar-refractivity contribution in [2.45, 2.75) is 19.4 Å². The van der Waals surface area contributed by atoms with E-state index in [1.54, 1.807) is 0 Å². The van der Waals surface area contributed by atoms with Crippen LogP contribution in [0, 0.1) is 0 Å². The minimum atomic E-state index is -0.331. The molecule has 0 spiro atoms. The van der Waals surface area contributed by atoms with Crippen molar-refractivity contribution in [2.24, 2.45) is 0 Å². The van der Waals surface area contributed by atoms with Gasteiger partial charge in [-0.05, 0) is 71.5 Å². The lowest BCUT2D eigenvalue weighted by Gasteiger charge is -2.35. The summed E-state index contributed by atoms with van der Waals surface area (Å²) < 4.78 is 0. The number of anilines is 1. The normalized spacial score (nSPS) is 15.1. The van der Waals surface area contributed by atoms with Crippen molar-refractivity contribution in [1.82, 2.24) is 9.97 Å². The molecule has 9 rings (SSSR count). The largest absolute Gasteiger partial charge is 0.370 e. The summed E-state index contributed by atoms with van der Waals surface area (Å²) in [5, 5.41) is 4.99. The molecule has 0 saturated heterocycles. The highest BCUT2D eigenvalue weighted by atomic mass is 15.0. The number of pyridine rings is 2. The predicted molar refractivity (Wildman–Crippen MR) is 218 cm³/mol. The Hall–Kier alpha value is -6.58. The molecule has 2 aromatic heterocycles. The second-order valence-corrected chi connectivity index (χ2v) is 13.8. The molecular weight excluding hydrogens is 631 g/mol. The molecule has 6 aromatic carbocycles. The Labute approximate surface area is 305 Å². The second-order valence-electron chi connectivity index (χ2n) is 13.8. The monoisotopic (exact) mass is 667 g/mol. The minimum Gasteiger partial charge on any atom is -0.370 e. The van der Waals surface area contributed by atoms with Crippen molar-refractivity contribution in [3.05, 3.63) is 193 Å². The van der Waals surface area contributed by atoms with Gasteiger partial charge in [0.1, 0.15) is 0 Å². The van der Waals surface area contributed by atoms with Gasteiger partial charge in [0.2, 0.25) is 0 Å². The smallest absolute Gasteiger partial charge is 0.0947 e. The van der Waals surface area contributed by atoms with Crippen LogP contribution in [0.2, 0.25) is 0 Å². The Bertz CT molecular complexity index is 2530. The maximum atomic E-state index is 5.28. The number of allylic oxidation sites excluding steroid dienone is 1. The summed E-state index contributed by atoms with van der Waals surface area (Å²) in [6.07, 6.45) is 2.33. The molecule has 52 heavy (non-hydrogen) atoms. The molecule has 1 N–H and O–H groups in total. The number of hydrogen-bond acceptors (Lipinski definition) is 3. The standard InChI is InChI=1S/C49H37N3/c1-33-32-49(2,42-19-10-5-11-20-42)52-48-43(33)27-25-38-26-28-44(51-47(38)48)37-23-21-35(22-24-37)39-17-12-18-40(29-39)46-31-41(34-13-6-3-7-14-34)30-45(50-46)36-15-8-4-9-16-36/h3-32,52H,1-2H3. The third-order valence-electron chi connectivity index (χ3n) is 10.2. The summed E-state index contributed by atoms with van der Waals surface area (Å²) in [5.41, 5.74) is 16.1. The fourth-order valence-corrected chi connectivity index (χ4v) is 7.48. The van der Waals surface area contributed by atoms with E-state index in [4.69, 9.17) is 9.97 Å². The van der Waals surface area contributed by atoms with Crippen LogP contribution in [-0.2, 0) is 5.54 Å². The molecule has 0 amide bonds. The van der Waals surface area contributed by atoms with E-state index in [2.05, 4.69) is 195 Å². The Morgan fingerprint density at radius 3 is 1.73 bits per heavy atom. The van der Waals surface area contributed by atoms with E-state index in [1.807, 2.05) is 6.07 Å². The van der Waals surface area contributed by atoms with Crippen LogP contribution >= 0.6 is 0 Å². The first-order valence-corrected chi connectivity index (χ1v) is 17.8. The van der Waals surface area contributed by atoms with Gasteiger partial charge in [-0.1, -0.05) is 158 Å². The SMILES string of the molecule is CC1=CC(C)(c2ccccc2)Nc2c1ccc1ccc(-c3ccc(-c4cccc(-c5cc(-c6ccccc6)cc(-c6ccccc6)n5)c4)cc3)nc21. The quantitative estimate of drug-likeness (QED) is 0.192. The van der Waals surface area contributed by atoms with Crippen LogP contribution in [0.4, 0.5) is 5.69 Å². The Kier molecular flexibility index (Phi) is 7.82. The van der Waals surface area contributed by atoms with Crippen LogP contribution in [0.15, 0.2) is 182 Å². The van der Waals surface area contributed by atoms with Gasteiger partial charge in [-0.15, -0.1) is 0 Å². The Morgan fingerprint density at radius 2 is 1.00 bits per heavy atom. The van der Waals surface area contributed by atoms with Gasteiger partial charge in [-0.2, -0.15) is 0 Å². The van der Waals surface area contributed by atoms with Crippen molar-refractivity contribution in [3.8, 4) is 56.0 Å². The number of rotatable bonds is 6. The summed E-state index contributed by atoms with van der Waals surface area (Å²) in [6, 6.07) is 62.1. The predicted octanol–water partition coefficient (Wildman–Crippen LogP) is 12.7. The average molecular weight is 668 g/mol. The third-order valence-corrected chi connectivity index (χ3v) is 10.2. The molecule has 0 saturated carbocycles. The Balaban J connectivity index is 1.05. The van der Waals surface area contributed by atoms with Crippen molar-refractivity contribution < 1.29 is 0 Å². The van der Waals surface area contributed by atoms with Crippen molar-refractivity contribution in [2.75, 3.05) is 5.32 Å². The van der Waals surface area contributed by atoms with Gasteiger partial charge in [0.25, 0.3) is 0 Å². The lowest BCUT2D eigenvalue weighted by atomic mass is 9.84. The van der Waals surface area contributed by atoms with Crippen molar-refractivity contribution in [1.29, 1.82) is 0 Å². The molecule has 1 aliphatic rings. The molecule has 1 unspecified atom stereocenters. The van der Waals surface area contributed by atoms with Gasteiger partial charge in [0.15, 0.2) is 0 Å². The van der Waals surface area contributed by atoms with Gasteiger partial charge in [0.05, 0.1) is 33.8 Å². The molecule has 0 bridgehead atoms. The van der Waals surface area contributed by atoms with Gasteiger partial charge < -0.3 is 5.32 Å². The van der Waals surface area contributed by atoms with E-state index >= 15 is 0 Å². The molecule has 3 heteroatoms. The molecule has 248 valence electrons. The number of aromatic nitrogens is 2. The van der Waals surface area contributed by atoms with Crippen LogP contribution in [0.5, 0.6) is 0 Å². The number of benzene rings is 6. The summed E-state index contributed by atoms with van der Waals surface area (Å²) in [4.78, 5) is 10.4. The zero-order valence-corrected chi connectivity index (χ0v) is 29.2. The van der Waals surface area contributed by atoms with E-state index in [9.17, 15) is 0 Å². The Morgan fingerprint density at radius 1 is 0.442 bits per heavy atom. The first-order chi connectivity index (χ1) is 25.5. The highest BCUT2D eigenvalue weighted by Crippen LogP contribution is 2.42. The summed E-state index contributed by atoms with van der Waals surface area (Å²) >= 11 is 0. The molecule has 0 radical (unpaired) electrons. The first-order valence-electron chi connectivity index (χ1n) is 17.8. The number of hydrogen-bond donors (Lipinski definition) is 1. The van der Waals surface area contributed by atoms with Crippen LogP contribution in [0.1, 0.15) is 25.0 Å². The summed E-state index contributed by atoms with van der Waals surface area (Å²) in [6.45, 7) is 4.44. The van der Waals surface area contributed by atoms with E-state index < -0.39 is 0 Å². The van der Waals surface area contributed by atoms with E-state index in [0.717, 1.165) is 67.1 Å². The van der Waals surface area contributed by atoms with Crippen molar-refractivity contribution >= 4 is 22.2 Å². The molecule has 0 fully saturated rings. The van der Waals surface area contributed by atoms with E-state index in [1.165, 1.54) is 22.3 Å². The molecule has 0 aliphatic carbocycles. The third kappa shape index (κ3) is 5.87. The molecule has 3 heterocycles. The first kappa shape index (κ1) is 31.4. The maximum Gasteiger partial charge on any atom is 0.0947 e. The highest BCUT2D eigenvalue weighted by Gasteiger charge is 2.30. The zero-order valence-electron chi connectivity index (χ0n) is 29.2. The lowest BCUT2D eigenvalue weighted by molar-refractivity contribution is 0.685. The molecule has 1 aliphatic heterocycles. The van der Waals surface area contributed by atoms with E-state index in [0.29, 0.717) is 0 Å². The minimum absolute atomic E-state index is 0.331. The lowest BCUT2D eigenvalue weighted by Crippen LogP contribution is -2.32. The summed E-state index contributed by atoms with van der Waals surface area (Å²) in [7, 11) is 0.